The maximum atomic E-state index is 12.2. The molecule has 2 aliphatic carbocycles. The van der Waals surface area contributed by atoms with E-state index in [1.165, 1.54) is 19.8 Å². The number of hydrogen-bond acceptors (Lipinski definition) is 4. The van der Waals surface area contributed by atoms with E-state index in [1.807, 2.05) is 0 Å². The summed E-state index contributed by atoms with van der Waals surface area (Å²) >= 11 is 0. The highest BCUT2D eigenvalue weighted by Crippen LogP contribution is 2.55. The fourth-order valence-corrected chi connectivity index (χ4v) is 3.59. The number of ether oxygens (including phenoxy) is 2. The standard InChI is InChI=1S/C15H22O4/c1-14(2)8-10-6-5-7-15(9-11(10)14,12(16)18-3)13(17)19-4/h8,11H,5-7,9H2,1-4H3. The summed E-state index contributed by atoms with van der Waals surface area (Å²) in [5, 5.41) is 0. The largest absolute Gasteiger partial charge is 0.468 e. The second-order valence-electron chi connectivity index (χ2n) is 6.22. The number of rotatable bonds is 2. The molecule has 1 atom stereocenters. The van der Waals surface area contributed by atoms with E-state index in [1.54, 1.807) is 0 Å². The third-order valence-electron chi connectivity index (χ3n) is 4.68. The van der Waals surface area contributed by atoms with Crippen molar-refractivity contribution >= 4 is 11.9 Å². The highest BCUT2D eigenvalue weighted by Gasteiger charge is 2.55. The second-order valence-corrected chi connectivity index (χ2v) is 6.22. The molecule has 4 nitrogen and oxygen atoms in total. The van der Waals surface area contributed by atoms with Gasteiger partial charge < -0.3 is 9.47 Å². The van der Waals surface area contributed by atoms with Crippen molar-refractivity contribution in [3.05, 3.63) is 11.6 Å². The van der Waals surface area contributed by atoms with Gasteiger partial charge in [0.1, 0.15) is 0 Å². The molecule has 0 N–H and O–H groups in total. The number of esters is 2. The van der Waals surface area contributed by atoms with Gasteiger partial charge in [-0.25, -0.2) is 0 Å². The van der Waals surface area contributed by atoms with Gasteiger partial charge in [-0.1, -0.05) is 25.5 Å². The first kappa shape index (κ1) is 14.1. The lowest BCUT2D eigenvalue weighted by atomic mass is 9.59. The van der Waals surface area contributed by atoms with Crippen molar-refractivity contribution in [3.63, 3.8) is 0 Å². The normalized spacial score (nSPS) is 27.2. The zero-order chi connectivity index (χ0) is 14.3. The Morgan fingerprint density at radius 3 is 2.26 bits per heavy atom. The zero-order valence-electron chi connectivity index (χ0n) is 12.1. The van der Waals surface area contributed by atoms with Gasteiger partial charge in [-0.15, -0.1) is 0 Å². The third-order valence-corrected chi connectivity index (χ3v) is 4.68. The van der Waals surface area contributed by atoms with Gasteiger partial charge in [-0.3, -0.25) is 9.59 Å². The average molecular weight is 266 g/mol. The van der Waals surface area contributed by atoms with Crippen molar-refractivity contribution in [1.29, 1.82) is 0 Å². The molecule has 0 amide bonds. The molecule has 0 aromatic rings. The van der Waals surface area contributed by atoms with Crippen LogP contribution in [-0.2, 0) is 19.1 Å². The van der Waals surface area contributed by atoms with Crippen LogP contribution in [0.3, 0.4) is 0 Å². The van der Waals surface area contributed by atoms with E-state index in [2.05, 4.69) is 19.9 Å². The molecule has 0 saturated heterocycles. The lowest BCUT2D eigenvalue weighted by Gasteiger charge is -2.44. The Bertz CT molecular complexity index is 417. The molecule has 0 radical (unpaired) electrons. The van der Waals surface area contributed by atoms with Crippen LogP contribution in [0.25, 0.3) is 0 Å². The molecular weight excluding hydrogens is 244 g/mol. The molecule has 0 aromatic carbocycles. The summed E-state index contributed by atoms with van der Waals surface area (Å²) in [5.74, 6) is -0.639. The molecule has 19 heavy (non-hydrogen) atoms. The molecule has 106 valence electrons. The van der Waals surface area contributed by atoms with Gasteiger partial charge in [0.2, 0.25) is 0 Å². The summed E-state index contributed by atoms with van der Waals surface area (Å²) in [6, 6.07) is 0. The first-order chi connectivity index (χ1) is 8.87. The molecule has 0 spiro atoms. The van der Waals surface area contributed by atoms with Crippen molar-refractivity contribution in [2.75, 3.05) is 14.2 Å². The van der Waals surface area contributed by atoms with E-state index in [0.29, 0.717) is 12.8 Å². The molecule has 0 bridgehead atoms. The second kappa shape index (κ2) is 4.66. The summed E-state index contributed by atoms with van der Waals surface area (Å²) in [6.45, 7) is 4.29. The number of methoxy groups -OCH3 is 2. The third kappa shape index (κ3) is 2.07. The van der Waals surface area contributed by atoms with E-state index in [4.69, 9.17) is 9.47 Å². The van der Waals surface area contributed by atoms with Gasteiger partial charge in [0.25, 0.3) is 0 Å². The number of allylic oxidation sites excluding steroid dienone is 2. The predicted molar refractivity (Wildman–Crippen MR) is 70.3 cm³/mol. The number of fused-ring (bicyclic) bond motifs is 1. The van der Waals surface area contributed by atoms with Gasteiger partial charge >= 0.3 is 11.9 Å². The van der Waals surface area contributed by atoms with Crippen LogP contribution in [0.15, 0.2) is 11.6 Å². The molecule has 4 heteroatoms. The van der Waals surface area contributed by atoms with Gasteiger partial charge in [0.15, 0.2) is 5.41 Å². The quantitative estimate of drug-likeness (QED) is 0.438. The van der Waals surface area contributed by atoms with Crippen molar-refractivity contribution in [3.8, 4) is 0 Å². The minimum atomic E-state index is -1.12. The first-order valence-electron chi connectivity index (χ1n) is 6.76. The monoisotopic (exact) mass is 266 g/mol. The predicted octanol–water partition coefficient (Wildman–Crippen LogP) is 2.48. The topological polar surface area (TPSA) is 52.6 Å². The Labute approximate surface area is 114 Å². The van der Waals surface area contributed by atoms with Crippen molar-refractivity contribution in [2.45, 2.75) is 39.5 Å². The van der Waals surface area contributed by atoms with Crippen molar-refractivity contribution < 1.29 is 19.1 Å². The Balaban J connectivity index is 2.36. The summed E-state index contributed by atoms with van der Waals surface area (Å²) in [6.07, 6.45) is 5.07. The molecule has 1 fully saturated rings. The van der Waals surface area contributed by atoms with E-state index < -0.39 is 17.4 Å². The summed E-state index contributed by atoms with van der Waals surface area (Å²) < 4.78 is 9.78. The van der Waals surface area contributed by atoms with Gasteiger partial charge in [-0.05, 0) is 37.0 Å². The van der Waals surface area contributed by atoms with Gasteiger partial charge in [0.05, 0.1) is 14.2 Å². The van der Waals surface area contributed by atoms with Crippen molar-refractivity contribution in [2.24, 2.45) is 16.7 Å². The Hall–Kier alpha value is -1.32. The average Bonchev–Trinajstić information content (AvgIpc) is 2.55. The Morgan fingerprint density at radius 1 is 1.21 bits per heavy atom. The molecule has 2 aliphatic rings. The number of hydrogen-bond donors (Lipinski definition) is 0. The van der Waals surface area contributed by atoms with Crippen LogP contribution < -0.4 is 0 Å². The SMILES string of the molecule is COC(=O)C1(C(=O)OC)CCCC2=CC(C)(C)C2C1. The molecule has 0 heterocycles. The zero-order valence-corrected chi connectivity index (χ0v) is 12.1. The Morgan fingerprint density at radius 2 is 1.79 bits per heavy atom. The van der Waals surface area contributed by atoms with E-state index >= 15 is 0 Å². The van der Waals surface area contributed by atoms with Crippen LogP contribution >= 0.6 is 0 Å². The maximum Gasteiger partial charge on any atom is 0.323 e. The molecule has 2 rings (SSSR count). The number of carbonyl (C=O) groups excluding carboxylic acids is 2. The summed E-state index contributed by atoms with van der Waals surface area (Å²) in [5.41, 5.74) is 0.300. The highest BCUT2D eigenvalue weighted by atomic mass is 16.5. The van der Waals surface area contributed by atoms with E-state index in [-0.39, 0.29) is 11.3 Å². The van der Waals surface area contributed by atoms with E-state index in [9.17, 15) is 9.59 Å². The maximum absolute atomic E-state index is 12.2. The van der Waals surface area contributed by atoms with Crippen LogP contribution in [0, 0.1) is 16.7 Å². The first-order valence-corrected chi connectivity index (χ1v) is 6.76. The molecular formula is C15H22O4. The van der Waals surface area contributed by atoms with Crippen LogP contribution in [-0.4, -0.2) is 26.2 Å². The molecule has 1 unspecified atom stereocenters. The minimum absolute atomic E-state index is 0.0486. The number of carbonyl (C=O) groups is 2. The fourth-order valence-electron chi connectivity index (χ4n) is 3.59. The smallest absolute Gasteiger partial charge is 0.323 e. The lowest BCUT2D eigenvalue weighted by molar-refractivity contribution is -0.171. The van der Waals surface area contributed by atoms with Gasteiger partial charge in [-0.2, -0.15) is 0 Å². The summed E-state index contributed by atoms with van der Waals surface area (Å²) in [4.78, 5) is 24.4. The molecule has 0 aromatic heterocycles. The van der Waals surface area contributed by atoms with Crippen LogP contribution in [0.4, 0.5) is 0 Å². The molecule has 0 aliphatic heterocycles. The molecule has 1 saturated carbocycles. The van der Waals surface area contributed by atoms with E-state index in [0.717, 1.165) is 12.8 Å². The van der Waals surface area contributed by atoms with Crippen LogP contribution in [0.5, 0.6) is 0 Å². The van der Waals surface area contributed by atoms with Crippen LogP contribution in [0.1, 0.15) is 39.5 Å². The lowest BCUT2D eigenvalue weighted by Crippen LogP contribution is -2.45. The highest BCUT2D eigenvalue weighted by molar-refractivity contribution is 6.00. The fraction of sp³-hybridized carbons (Fsp3) is 0.733. The van der Waals surface area contributed by atoms with Gasteiger partial charge in [0, 0.05) is 0 Å². The minimum Gasteiger partial charge on any atom is -0.468 e. The Kier molecular flexibility index (Phi) is 3.45. The van der Waals surface area contributed by atoms with Crippen molar-refractivity contribution in [1.82, 2.24) is 0 Å². The summed E-state index contributed by atoms with van der Waals surface area (Å²) in [7, 11) is 2.67. The van der Waals surface area contributed by atoms with Crippen LogP contribution in [0.2, 0.25) is 0 Å².